The number of ether oxygens (including phenoxy) is 2. The van der Waals surface area contributed by atoms with Gasteiger partial charge in [-0.1, -0.05) is 12.1 Å². The smallest absolute Gasteiger partial charge is 0.165 e. The molecule has 19 heavy (non-hydrogen) atoms. The van der Waals surface area contributed by atoms with Crippen molar-refractivity contribution in [3.05, 3.63) is 30.1 Å². The molecular formula is C13H20FNO4. The van der Waals surface area contributed by atoms with Gasteiger partial charge in [0.2, 0.25) is 0 Å². The molecule has 0 aliphatic heterocycles. The fourth-order valence-electron chi connectivity index (χ4n) is 1.47. The molecule has 0 aliphatic rings. The van der Waals surface area contributed by atoms with E-state index in [9.17, 15) is 14.6 Å². The van der Waals surface area contributed by atoms with Crippen molar-refractivity contribution in [2.45, 2.75) is 12.2 Å². The van der Waals surface area contributed by atoms with Gasteiger partial charge in [-0.3, -0.25) is 0 Å². The standard InChI is InChI=1S/C13H20FNO4/c1-18-8-10(16)6-15-7-11(17)9-19-13-5-3-2-4-12(13)14/h2-5,10-11,15-17H,6-9H2,1H3. The summed E-state index contributed by atoms with van der Waals surface area (Å²) in [6.45, 7) is 0.767. The van der Waals surface area contributed by atoms with Gasteiger partial charge < -0.3 is 25.0 Å². The molecule has 5 nitrogen and oxygen atoms in total. The lowest BCUT2D eigenvalue weighted by Gasteiger charge is -2.15. The number of para-hydroxylation sites is 1. The predicted molar refractivity (Wildman–Crippen MR) is 68.7 cm³/mol. The zero-order valence-corrected chi connectivity index (χ0v) is 10.9. The fraction of sp³-hybridized carbons (Fsp3) is 0.538. The highest BCUT2D eigenvalue weighted by Gasteiger charge is 2.09. The van der Waals surface area contributed by atoms with Gasteiger partial charge in [0.15, 0.2) is 11.6 Å². The molecule has 0 spiro atoms. The van der Waals surface area contributed by atoms with E-state index in [4.69, 9.17) is 9.47 Å². The first-order chi connectivity index (χ1) is 9.13. The van der Waals surface area contributed by atoms with E-state index in [1.165, 1.54) is 19.2 Å². The van der Waals surface area contributed by atoms with Gasteiger partial charge in [0.25, 0.3) is 0 Å². The molecule has 0 heterocycles. The molecular weight excluding hydrogens is 253 g/mol. The van der Waals surface area contributed by atoms with Crippen molar-refractivity contribution in [2.75, 3.05) is 33.4 Å². The summed E-state index contributed by atoms with van der Waals surface area (Å²) in [5.74, 6) is -0.348. The van der Waals surface area contributed by atoms with Gasteiger partial charge in [0, 0.05) is 20.2 Å². The first-order valence-electron chi connectivity index (χ1n) is 6.06. The van der Waals surface area contributed by atoms with Crippen molar-refractivity contribution in [1.82, 2.24) is 5.32 Å². The summed E-state index contributed by atoms with van der Waals surface area (Å²) in [6.07, 6.45) is -1.40. The number of halogens is 1. The summed E-state index contributed by atoms with van der Waals surface area (Å²) in [5, 5.41) is 21.8. The number of aliphatic hydroxyl groups is 2. The number of benzene rings is 1. The molecule has 0 aromatic heterocycles. The van der Waals surface area contributed by atoms with Crippen LogP contribution in [0.2, 0.25) is 0 Å². The predicted octanol–water partition coefficient (Wildman–Crippen LogP) is 0.162. The van der Waals surface area contributed by atoms with Crippen LogP contribution in [-0.4, -0.2) is 55.8 Å². The molecule has 1 aromatic rings. The Kier molecular flexibility index (Phi) is 7.35. The first kappa shape index (κ1) is 15.8. The van der Waals surface area contributed by atoms with E-state index in [2.05, 4.69) is 5.32 Å². The molecule has 0 saturated heterocycles. The molecule has 108 valence electrons. The minimum Gasteiger partial charge on any atom is -0.488 e. The Morgan fingerprint density at radius 2 is 1.79 bits per heavy atom. The number of methoxy groups -OCH3 is 1. The van der Waals surface area contributed by atoms with E-state index in [0.29, 0.717) is 6.54 Å². The van der Waals surface area contributed by atoms with Gasteiger partial charge in [0.05, 0.1) is 12.7 Å². The van der Waals surface area contributed by atoms with Crippen LogP contribution in [0.1, 0.15) is 0 Å². The van der Waals surface area contributed by atoms with E-state index >= 15 is 0 Å². The second-order valence-electron chi connectivity index (χ2n) is 4.16. The van der Waals surface area contributed by atoms with Gasteiger partial charge in [-0.25, -0.2) is 4.39 Å². The molecule has 6 heteroatoms. The summed E-state index contributed by atoms with van der Waals surface area (Å²) < 4.78 is 23.1. The second-order valence-corrected chi connectivity index (χ2v) is 4.16. The normalized spacial score (nSPS) is 14.1. The van der Waals surface area contributed by atoms with Crippen LogP contribution in [0.25, 0.3) is 0 Å². The molecule has 0 bridgehead atoms. The Bertz CT molecular complexity index is 364. The van der Waals surface area contributed by atoms with E-state index in [1.54, 1.807) is 12.1 Å². The third kappa shape index (κ3) is 6.49. The van der Waals surface area contributed by atoms with Crippen molar-refractivity contribution >= 4 is 0 Å². The lowest BCUT2D eigenvalue weighted by atomic mass is 10.3. The molecule has 0 fully saturated rings. The number of hydrogen-bond acceptors (Lipinski definition) is 5. The van der Waals surface area contributed by atoms with Crippen molar-refractivity contribution < 1.29 is 24.1 Å². The molecule has 2 atom stereocenters. The van der Waals surface area contributed by atoms with E-state index in [-0.39, 0.29) is 25.5 Å². The topological polar surface area (TPSA) is 71.0 Å². The highest BCUT2D eigenvalue weighted by molar-refractivity contribution is 5.23. The van der Waals surface area contributed by atoms with Crippen molar-refractivity contribution in [3.63, 3.8) is 0 Å². The Labute approximate surface area is 112 Å². The highest BCUT2D eigenvalue weighted by atomic mass is 19.1. The molecule has 0 saturated carbocycles. The summed E-state index contributed by atoms with van der Waals surface area (Å²) in [7, 11) is 1.50. The maximum atomic E-state index is 13.2. The SMILES string of the molecule is COCC(O)CNCC(O)COc1ccccc1F. The quantitative estimate of drug-likeness (QED) is 0.598. The van der Waals surface area contributed by atoms with Crippen LogP contribution in [0, 0.1) is 5.82 Å². The minimum absolute atomic E-state index is 0.0195. The number of nitrogens with one attached hydrogen (secondary N) is 1. The maximum absolute atomic E-state index is 13.2. The summed E-state index contributed by atoms with van der Waals surface area (Å²) in [4.78, 5) is 0. The molecule has 0 amide bonds. The number of hydrogen-bond donors (Lipinski definition) is 3. The highest BCUT2D eigenvalue weighted by Crippen LogP contribution is 2.15. The molecule has 1 aromatic carbocycles. The fourth-order valence-corrected chi connectivity index (χ4v) is 1.47. The van der Waals surface area contributed by atoms with Gasteiger partial charge in [-0.15, -0.1) is 0 Å². The van der Waals surface area contributed by atoms with Crippen LogP contribution >= 0.6 is 0 Å². The van der Waals surface area contributed by atoms with Crippen molar-refractivity contribution in [1.29, 1.82) is 0 Å². The van der Waals surface area contributed by atoms with E-state index in [0.717, 1.165) is 0 Å². The average Bonchev–Trinajstić information content (AvgIpc) is 2.38. The second kappa shape index (κ2) is 8.82. The largest absolute Gasteiger partial charge is 0.488 e. The monoisotopic (exact) mass is 273 g/mol. The molecule has 1 rings (SSSR count). The summed E-state index contributed by atoms with van der Waals surface area (Å²) in [5.41, 5.74) is 0. The van der Waals surface area contributed by atoms with Crippen LogP contribution in [0.5, 0.6) is 5.75 Å². The first-order valence-corrected chi connectivity index (χ1v) is 6.06. The maximum Gasteiger partial charge on any atom is 0.165 e. The zero-order valence-electron chi connectivity index (χ0n) is 10.9. The minimum atomic E-state index is -0.783. The summed E-state index contributed by atoms with van der Waals surface area (Å²) in [6, 6.07) is 6.01. The lowest BCUT2D eigenvalue weighted by Crippen LogP contribution is -2.37. The van der Waals surface area contributed by atoms with E-state index < -0.39 is 18.0 Å². The van der Waals surface area contributed by atoms with Crippen LogP contribution in [0.3, 0.4) is 0 Å². The zero-order chi connectivity index (χ0) is 14.1. The Morgan fingerprint density at radius 1 is 1.16 bits per heavy atom. The Hall–Kier alpha value is -1.21. The van der Waals surface area contributed by atoms with Crippen LogP contribution in [-0.2, 0) is 4.74 Å². The van der Waals surface area contributed by atoms with E-state index in [1.807, 2.05) is 0 Å². The van der Waals surface area contributed by atoms with Gasteiger partial charge >= 0.3 is 0 Å². The molecule has 0 radical (unpaired) electrons. The Balaban J connectivity index is 2.18. The van der Waals surface area contributed by atoms with Crippen molar-refractivity contribution in [2.24, 2.45) is 0 Å². The van der Waals surface area contributed by atoms with Crippen LogP contribution < -0.4 is 10.1 Å². The summed E-state index contributed by atoms with van der Waals surface area (Å²) >= 11 is 0. The lowest BCUT2D eigenvalue weighted by molar-refractivity contribution is 0.0580. The molecule has 0 aliphatic carbocycles. The van der Waals surface area contributed by atoms with Crippen LogP contribution in [0.15, 0.2) is 24.3 Å². The van der Waals surface area contributed by atoms with Gasteiger partial charge in [-0.05, 0) is 12.1 Å². The van der Waals surface area contributed by atoms with Crippen LogP contribution in [0.4, 0.5) is 4.39 Å². The molecule has 3 N–H and O–H groups in total. The Morgan fingerprint density at radius 3 is 2.42 bits per heavy atom. The number of rotatable bonds is 9. The molecule has 2 unspecified atom stereocenters. The third-order valence-corrected chi connectivity index (χ3v) is 2.39. The third-order valence-electron chi connectivity index (χ3n) is 2.39. The number of aliphatic hydroxyl groups excluding tert-OH is 2. The van der Waals surface area contributed by atoms with Gasteiger partial charge in [-0.2, -0.15) is 0 Å². The average molecular weight is 273 g/mol. The van der Waals surface area contributed by atoms with Crippen molar-refractivity contribution in [3.8, 4) is 5.75 Å². The van der Waals surface area contributed by atoms with Gasteiger partial charge in [0.1, 0.15) is 12.7 Å².